The molecule has 3 N–H and O–H groups in total. The van der Waals surface area contributed by atoms with Crippen molar-refractivity contribution in [2.75, 3.05) is 5.32 Å². The molecule has 0 heterocycles. The molecule has 0 aromatic heterocycles. The van der Waals surface area contributed by atoms with Crippen LogP contribution in [0.25, 0.3) is 0 Å². The van der Waals surface area contributed by atoms with Crippen LogP contribution in [0, 0.1) is 0 Å². The molecule has 92 valence electrons. The molecule has 17 heavy (non-hydrogen) atoms. The highest BCUT2D eigenvalue weighted by molar-refractivity contribution is 5.92. The molecule has 5 nitrogen and oxygen atoms in total. The van der Waals surface area contributed by atoms with E-state index in [0.717, 1.165) is 0 Å². The summed E-state index contributed by atoms with van der Waals surface area (Å²) < 4.78 is 0. The Bertz CT molecular complexity index is 379. The van der Waals surface area contributed by atoms with Crippen molar-refractivity contribution in [3.8, 4) is 0 Å². The van der Waals surface area contributed by atoms with Crippen molar-refractivity contribution in [3.05, 3.63) is 30.3 Å². The van der Waals surface area contributed by atoms with E-state index in [0.29, 0.717) is 18.5 Å². The first kappa shape index (κ1) is 13.0. The summed E-state index contributed by atoms with van der Waals surface area (Å²) in [5.74, 6) is -1.02. The van der Waals surface area contributed by atoms with Gasteiger partial charge in [-0.1, -0.05) is 31.5 Å². The zero-order valence-corrected chi connectivity index (χ0v) is 9.64. The highest BCUT2D eigenvalue weighted by Gasteiger charge is 2.18. The molecule has 0 fully saturated rings. The number of benzene rings is 1. The fourth-order valence-electron chi connectivity index (χ4n) is 1.39. The summed E-state index contributed by atoms with van der Waals surface area (Å²) >= 11 is 0. The van der Waals surface area contributed by atoms with Gasteiger partial charge in [-0.3, -0.25) is 0 Å². The first-order chi connectivity index (χ1) is 8.13. The molecular formula is C12H16N2O3. The lowest BCUT2D eigenvalue weighted by Crippen LogP contribution is -2.42. The van der Waals surface area contributed by atoms with E-state index in [1.165, 1.54) is 0 Å². The predicted molar refractivity (Wildman–Crippen MR) is 64.9 cm³/mol. The van der Waals surface area contributed by atoms with Crippen LogP contribution in [0.1, 0.15) is 19.8 Å². The molecule has 0 saturated carbocycles. The van der Waals surface area contributed by atoms with Crippen LogP contribution in [-0.4, -0.2) is 23.1 Å². The standard InChI is InChI=1S/C12H16N2O3/c1-2-6-10(11(15)16)14-12(17)13-9-7-4-3-5-8-9/h3-5,7-8,10H,2,6H2,1H3,(H,15,16)(H2,13,14,17)/t10-/m0/s1. The lowest BCUT2D eigenvalue weighted by molar-refractivity contribution is -0.139. The summed E-state index contributed by atoms with van der Waals surface area (Å²) in [5, 5.41) is 13.9. The molecule has 0 saturated heterocycles. The summed E-state index contributed by atoms with van der Waals surface area (Å²) in [4.78, 5) is 22.4. The number of carbonyl (C=O) groups is 2. The number of rotatable bonds is 5. The molecule has 0 aliphatic rings. The highest BCUT2D eigenvalue weighted by atomic mass is 16.4. The van der Waals surface area contributed by atoms with Crippen LogP contribution < -0.4 is 10.6 Å². The molecule has 0 spiro atoms. The summed E-state index contributed by atoms with van der Waals surface area (Å²) in [5.41, 5.74) is 0.630. The monoisotopic (exact) mass is 236 g/mol. The third kappa shape index (κ3) is 4.55. The Morgan fingerprint density at radius 2 is 1.94 bits per heavy atom. The third-order valence-corrected chi connectivity index (χ3v) is 2.21. The zero-order valence-electron chi connectivity index (χ0n) is 9.64. The van der Waals surface area contributed by atoms with Crippen molar-refractivity contribution in [2.24, 2.45) is 0 Å². The Balaban J connectivity index is 2.51. The van der Waals surface area contributed by atoms with E-state index in [1.54, 1.807) is 24.3 Å². The molecule has 5 heteroatoms. The number of carbonyl (C=O) groups excluding carboxylic acids is 1. The van der Waals surface area contributed by atoms with Gasteiger partial charge in [0.1, 0.15) is 6.04 Å². The Hall–Kier alpha value is -2.04. The van der Waals surface area contributed by atoms with Crippen molar-refractivity contribution < 1.29 is 14.7 Å². The molecule has 1 rings (SSSR count). The molecular weight excluding hydrogens is 220 g/mol. The predicted octanol–water partition coefficient (Wildman–Crippen LogP) is 2.06. The molecule has 0 bridgehead atoms. The van der Waals surface area contributed by atoms with Gasteiger partial charge in [-0.2, -0.15) is 0 Å². The lowest BCUT2D eigenvalue weighted by atomic mass is 10.2. The van der Waals surface area contributed by atoms with E-state index >= 15 is 0 Å². The second-order valence-corrected chi connectivity index (χ2v) is 3.64. The third-order valence-electron chi connectivity index (χ3n) is 2.21. The van der Waals surface area contributed by atoms with E-state index in [2.05, 4.69) is 10.6 Å². The zero-order chi connectivity index (χ0) is 12.7. The first-order valence-corrected chi connectivity index (χ1v) is 5.49. The van der Waals surface area contributed by atoms with Crippen LogP contribution in [0.3, 0.4) is 0 Å². The maximum absolute atomic E-state index is 11.5. The van der Waals surface area contributed by atoms with Gasteiger partial charge in [0.25, 0.3) is 0 Å². The smallest absolute Gasteiger partial charge is 0.326 e. The van der Waals surface area contributed by atoms with Gasteiger partial charge in [-0.05, 0) is 18.6 Å². The van der Waals surface area contributed by atoms with Gasteiger partial charge >= 0.3 is 12.0 Å². The van der Waals surface area contributed by atoms with Gasteiger partial charge < -0.3 is 15.7 Å². The van der Waals surface area contributed by atoms with Crippen molar-refractivity contribution in [1.29, 1.82) is 0 Å². The van der Waals surface area contributed by atoms with Crippen molar-refractivity contribution in [1.82, 2.24) is 5.32 Å². The van der Waals surface area contributed by atoms with Gasteiger partial charge in [0.05, 0.1) is 0 Å². The van der Waals surface area contributed by atoms with Gasteiger partial charge in [-0.15, -0.1) is 0 Å². The van der Waals surface area contributed by atoms with Crippen LogP contribution >= 0.6 is 0 Å². The number of para-hydroxylation sites is 1. The minimum absolute atomic E-state index is 0.414. The summed E-state index contributed by atoms with van der Waals surface area (Å²) in [7, 11) is 0. The highest BCUT2D eigenvalue weighted by Crippen LogP contribution is 2.05. The van der Waals surface area contributed by atoms with Crippen LogP contribution in [-0.2, 0) is 4.79 Å². The second kappa shape index (κ2) is 6.52. The molecule has 0 aliphatic carbocycles. The normalized spacial score (nSPS) is 11.6. The van der Waals surface area contributed by atoms with E-state index in [1.807, 2.05) is 13.0 Å². The first-order valence-electron chi connectivity index (χ1n) is 5.49. The Labute approximate surface area is 99.8 Å². The van der Waals surface area contributed by atoms with Gasteiger partial charge in [0.2, 0.25) is 0 Å². The Kier molecular flexibility index (Phi) is 5.00. The number of nitrogens with one attached hydrogen (secondary N) is 2. The van der Waals surface area contributed by atoms with Crippen LogP contribution in [0.2, 0.25) is 0 Å². The summed E-state index contributed by atoms with van der Waals surface area (Å²) in [6.45, 7) is 1.87. The number of anilines is 1. The van der Waals surface area contributed by atoms with Gasteiger partial charge in [-0.25, -0.2) is 9.59 Å². The average molecular weight is 236 g/mol. The maximum Gasteiger partial charge on any atom is 0.326 e. The number of carboxylic acids is 1. The van der Waals surface area contributed by atoms with Gasteiger partial charge in [0.15, 0.2) is 0 Å². The minimum Gasteiger partial charge on any atom is -0.480 e. The number of aliphatic carboxylic acids is 1. The van der Waals surface area contributed by atoms with Crippen molar-refractivity contribution >= 4 is 17.7 Å². The molecule has 0 unspecified atom stereocenters. The number of hydrogen-bond donors (Lipinski definition) is 3. The van der Waals surface area contributed by atoms with E-state index in [9.17, 15) is 9.59 Å². The molecule has 1 aromatic carbocycles. The molecule has 0 aliphatic heterocycles. The van der Waals surface area contributed by atoms with Crippen molar-refractivity contribution in [2.45, 2.75) is 25.8 Å². The molecule has 0 radical (unpaired) electrons. The van der Waals surface area contributed by atoms with Crippen LogP contribution in [0.4, 0.5) is 10.5 Å². The molecule has 1 atom stereocenters. The summed E-state index contributed by atoms with van der Waals surface area (Å²) in [6.07, 6.45) is 1.11. The van der Waals surface area contributed by atoms with Crippen LogP contribution in [0.15, 0.2) is 30.3 Å². The largest absolute Gasteiger partial charge is 0.480 e. The molecule has 2 amide bonds. The molecule has 1 aromatic rings. The summed E-state index contributed by atoms with van der Waals surface area (Å²) in [6, 6.07) is 7.53. The Morgan fingerprint density at radius 1 is 1.29 bits per heavy atom. The van der Waals surface area contributed by atoms with Gasteiger partial charge in [0, 0.05) is 5.69 Å². The fraction of sp³-hybridized carbons (Fsp3) is 0.333. The number of carboxylic acid groups (broad SMARTS) is 1. The van der Waals surface area contributed by atoms with E-state index in [-0.39, 0.29) is 0 Å². The number of hydrogen-bond acceptors (Lipinski definition) is 2. The SMILES string of the molecule is CCC[C@H](NC(=O)Nc1ccccc1)C(=O)O. The number of urea groups is 1. The average Bonchev–Trinajstić information content (AvgIpc) is 2.29. The lowest BCUT2D eigenvalue weighted by Gasteiger charge is -2.14. The topological polar surface area (TPSA) is 78.4 Å². The fourth-order valence-corrected chi connectivity index (χ4v) is 1.39. The number of amides is 2. The Morgan fingerprint density at radius 3 is 2.47 bits per heavy atom. The van der Waals surface area contributed by atoms with E-state index < -0.39 is 18.0 Å². The quantitative estimate of drug-likeness (QED) is 0.732. The maximum atomic E-state index is 11.5. The minimum atomic E-state index is -1.02. The van der Waals surface area contributed by atoms with Crippen LogP contribution in [0.5, 0.6) is 0 Å². The second-order valence-electron chi connectivity index (χ2n) is 3.64. The van der Waals surface area contributed by atoms with E-state index in [4.69, 9.17) is 5.11 Å². The van der Waals surface area contributed by atoms with Crippen molar-refractivity contribution in [3.63, 3.8) is 0 Å².